The van der Waals surface area contributed by atoms with Crippen molar-refractivity contribution in [2.75, 3.05) is 38.1 Å². The predicted octanol–water partition coefficient (Wildman–Crippen LogP) is 3.52. The third-order valence-electron chi connectivity index (χ3n) is 6.94. The number of nitrogens with one attached hydrogen (secondary N) is 1. The van der Waals surface area contributed by atoms with E-state index in [9.17, 15) is 22.8 Å². The number of carbonyl (C=O) groups is 2. The lowest BCUT2D eigenvalue weighted by atomic mass is 9.78. The number of likely N-dealkylation sites (tertiary alicyclic amines) is 1. The lowest BCUT2D eigenvalue weighted by Crippen LogP contribution is -2.43. The van der Waals surface area contributed by atoms with Gasteiger partial charge in [0.25, 0.3) is 5.91 Å². The number of benzene rings is 1. The third kappa shape index (κ3) is 4.60. The largest absolute Gasteiger partial charge is 0.472 e. The zero-order valence-electron chi connectivity index (χ0n) is 18.6. The van der Waals surface area contributed by atoms with Crippen LogP contribution in [0.4, 0.5) is 18.9 Å². The average Bonchev–Trinajstić information content (AvgIpc) is 3.53. The van der Waals surface area contributed by atoms with Gasteiger partial charge >= 0.3 is 6.18 Å². The van der Waals surface area contributed by atoms with Gasteiger partial charge in [0.2, 0.25) is 5.91 Å². The Labute approximate surface area is 195 Å². The second kappa shape index (κ2) is 9.41. The standard InChI is InChI=1S/C24H25F3N4O3/c1-29-22(32)20-13-31(18-3-2-16(11-28)21(10-18)24(25,26)27)12-19(20)15-4-7-30(8-5-15)23(33)17-6-9-34-14-17/h2-3,6,9-10,14-15,19-20H,4-5,7-8,12-13H2,1H3,(H,29,32)/t19-,20+/m0/s1. The molecule has 34 heavy (non-hydrogen) atoms. The molecule has 1 aromatic heterocycles. The van der Waals surface area contributed by atoms with Gasteiger partial charge in [-0.3, -0.25) is 9.59 Å². The second-order valence-electron chi connectivity index (χ2n) is 8.77. The minimum atomic E-state index is -4.64. The summed E-state index contributed by atoms with van der Waals surface area (Å²) in [5.74, 6) is -0.525. The van der Waals surface area contributed by atoms with Crippen molar-refractivity contribution in [2.24, 2.45) is 17.8 Å². The Kier molecular flexibility index (Phi) is 6.55. The summed E-state index contributed by atoms with van der Waals surface area (Å²) in [5.41, 5.74) is -0.562. The molecule has 0 radical (unpaired) electrons. The Hall–Kier alpha value is -3.48. The van der Waals surface area contributed by atoms with Crippen LogP contribution >= 0.6 is 0 Å². The van der Waals surface area contributed by atoms with Crippen molar-refractivity contribution >= 4 is 17.5 Å². The second-order valence-corrected chi connectivity index (χ2v) is 8.77. The topological polar surface area (TPSA) is 89.6 Å². The van der Waals surface area contributed by atoms with Gasteiger partial charge in [0, 0.05) is 38.9 Å². The van der Waals surface area contributed by atoms with Crippen molar-refractivity contribution < 1.29 is 27.2 Å². The summed E-state index contributed by atoms with van der Waals surface area (Å²) in [6.07, 6.45) is -0.367. The molecule has 180 valence electrons. The molecule has 4 rings (SSSR count). The number of carbonyl (C=O) groups excluding carboxylic acids is 2. The molecule has 3 heterocycles. The van der Waals surface area contributed by atoms with Gasteiger partial charge in [-0.2, -0.15) is 18.4 Å². The maximum Gasteiger partial charge on any atom is 0.417 e. The lowest BCUT2D eigenvalue weighted by Gasteiger charge is -2.36. The quantitative estimate of drug-likeness (QED) is 0.733. The van der Waals surface area contributed by atoms with Crippen LogP contribution in [0.15, 0.2) is 41.2 Å². The molecule has 7 nitrogen and oxygen atoms in total. The van der Waals surface area contributed by atoms with Gasteiger partial charge in [-0.15, -0.1) is 0 Å². The molecule has 2 aromatic rings. The van der Waals surface area contributed by atoms with Crippen molar-refractivity contribution in [3.8, 4) is 6.07 Å². The number of alkyl halides is 3. The predicted molar refractivity (Wildman–Crippen MR) is 117 cm³/mol. The number of furan rings is 1. The Morgan fingerprint density at radius 2 is 1.91 bits per heavy atom. The van der Waals surface area contributed by atoms with E-state index in [0.29, 0.717) is 50.3 Å². The molecule has 2 atom stereocenters. The summed E-state index contributed by atoms with van der Waals surface area (Å²) in [6.45, 7) is 1.81. The number of hydrogen-bond donors (Lipinski definition) is 1. The summed E-state index contributed by atoms with van der Waals surface area (Å²) in [7, 11) is 1.55. The zero-order valence-corrected chi connectivity index (χ0v) is 18.6. The molecule has 2 saturated heterocycles. The number of nitrogens with zero attached hydrogens (tertiary/aromatic N) is 3. The van der Waals surface area contributed by atoms with Crippen molar-refractivity contribution in [2.45, 2.75) is 19.0 Å². The molecule has 0 aliphatic carbocycles. The maximum atomic E-state index is 13.5. The zero-order chi connectivity index (χ0) is 24.5. The van der Waals surface area contributed by atoms with Crippen LogP contribution in [0.3, 0.4) is 0 Å². The van der Waals surface area contributed by atoms with Gasteiger partial charge in [-0.25, -0.2) is 0 Å². The monoisotopic (exact) mass is 474 g/mol. The van der Waals surface area contributed by atoms with Gasteiger partial charge < -0.3 is 19.5 Å². The van der Waals surface area contributed by atoms with Gasteiger partial charge in [0.15, 0.2) is 0 Å². The Balaban J connectivity index is 1.51. The molecule has 1 aromatic carbocycles. The summed E-state index contributed by atoms with van der Waals surface area (Å²) < 4.78 is 45.4. The van der Waals surface area contributed by atoms with E-state index in [1.54, 1.807) is 29.0 Å². The highest BCUT2D eigenvalue weighted by Crippen LogP contribution is 2.40. The fourth-order valence-corrected chi connectivity index (χ4v) is 5.14. The van der Waals surface area contributed by atoms with E-state index in [1.165, 1.54) is 24.7 Å². The fourth-order valence-electron chi connectivity index (χ4n) is 5.14. The van der Waals surface area contributed by atoms with E-state index in [2.05, 4.69) is 5.32 Å². The van der Waals surface area contributed by atoms with Gasteiger partial charge in [0.1, 0.15) is 6.26 Å². The molecule has 2 amide bonds. The van der Waals surface area contributed by atoms with E-state index >= 15 is 0 Å². The van der Waals surface area contributed by atoms with Crippen LogP contribution in [0.2, 0.25) is 0 Å². The van der Waals surface area contributed by atoms with Crippen LogP contribution < -0.4 is 10.2 Å². The van der Waals surface area contributed by atoms with Crippen LogP contribution in [0.25, 0.3) is 0 Å². The van der Waals surface area contributed by atoms with E-state index < -0.39 is 17.3 Å². The number of piperidine rings is 1. The highest BCUT2D eigenvalue weighted by atomic mass is 19.4. The first-order chi connectivity index (χ1) is 16.2. The van der Waals surface area contributed by atoms with Crippen molar-refractivity contribution in [1.29, 1.82) is 5.26 Å². The number of anilines is 1. The van der Waals surface area contributed by atoms with Crippen molar-refractivity contribution in [3.63, 3.8) is 0 Å². The minimum absolute atomic E-state index is 0.0592. The average molecular weight is 474 g/mol. The molecule has 2 fully saturated rings. The van der Waals surface area contributed by atoms with Crippen LogP contribution in [0, 0.1) is 29.1 Å². The summed E-state index contributed by atoms with van der Waals surface area (Å²) in [4.78, 5) is 28.8. The summed E-state index contributed by atoms with van der Waals surface area (Å²) in [6, 6.07) is 6.90. The smallest absolute Gasteiger partial charge is 0.417 e. The fraction of sp³-hybridized carbons (Fsp3) is 0.458. The van der Waals surface area contributed by atoms with Crippen LogP contribution in [-0.2, 0) is 11.0 Å². The molecule has 2 aliphatic rings. The first-order valence-corrected chi connectivity index (χ1v) is 11.1. The molecule has 2 aliphatic heterocycles. The molecule has 10 heteroatoms. The van der Waals surface area contributed by atoms with Crippen molar-refractivity contribution in [3.05, 3.63) is 53.5 Å². The number of amides is 2. The highest BCUT2D eigenvalue weighted by molar-refractivity contribution is 5.93. The normalized spacial score (nSPS) is 21.4. The molecule has 0 bridgehead atoms. The van der Waals surface area contributed by atoms with Crippen LogP contribution in [-0.4, -0.2) is 49.9 Å². The number of halogens is 3. The molecular formula is C24H25F3N4O3. The van der Waals surface area contributed by atoms with Crippen LogP contribution in [0.1, 0.15) is 34.3 Å². The van der Waals surface area contributed by atoms with Gasteiger partial charge in [-0.1, -0.05) is 0 Å². The summed E-state index contributed by atoms with van der Waals surface area (Å²) in [5, 5.41) is 11.8. The minimum Gasteiger partial charge on any atom is -0.472 e. The molecule has 0 unspecified atom stereocenters. The molecule has 0 saturated carbocycles. The maximum absolute atomic E-state index is 13.5. The highest BCUT2D eigenvalue weighted by Gasteiger charge is 2.43. The molecule has 1 N–H and O–H groups in total. The van der Waals surface area contributed by atoms with E-state index in [-0.39, 0.29) is 29.6 Å². The van der Waals surface area contributed by atoms with E-state index in [0.717, 1.165) is 6.07 Å². The number of hydrogen-bond acceptors (Lipinski definition) is 5. The third-order valence-corrected chi connectivity index (χ3v) is 6.94. The Bertz CT molecular complexity index is 1090. The SMILES string of the molecule is CNC(=O)[C@@H]1CN(c2ccc(C#N)c(C(F)(F)F)c2)C[C@H]1C1CCN(C(=O)c2ccoc2)CC1. The first kappa shape index (κ1) is 23.7. The van der Waals surface area contributed by atoms with E-state index in [4.69, 9.17) is 9.68 Å². The van der Waals surface area contributed by atoms with Gasteiger partial charge in [0.05, 0.1) is 34.9 Å². The Morgan fingerprint density at radius 1 is 1.18 bits per heavy atom. The van der Waals surface area contributed by atoms with Gasteiger partial charge in [-0.05, 0) is 48.9 Å². The number of rotatable bonds is 4. The molecule has 0 spiro atoms. The molecular weight excluding hydrogens is 449 g/mol. The lowest BCUT2D eigenvalue weighted by molar-refractivity contribution is -0.137. The Morgan fingerprint density at radius 3 is 2.50 bits per heavy atom. The number of nitriles is 1. The first-order valence-electron chi connectivity index (χ1n) is 11.1. The van der Waals surface area contributed by atoms with Crippen molar-refractivity contribution in [1.82, 2.24) is 10.2 Å². The van der Waals surface area contributed by atoms with E-state index in [1.807, 2.05) is 0 Å². The van der Waals surface area contributed by atoms with Crippen LogP contribution in [0.5, 0.6) is 0 Å². The summed E-state index contributed by atoms with van der Waals surface area (Å²) >= 11 is 0.